The van der Waals surface area contributed by atoms with Crippen LogP contribution in [-0.4, -0.2) is 83.6 Å². The van der Waals surface area contributed by atoms with E-state index in [1.807, 2.05) is 44.8 Å². The van der Waals surface area contributed by atoms with E-state index >= 15 is 4.39 Å². The van der Waals surface area contributed by atoms with Gasteiger partial charge in [-0.1, -0.05) is 6.07 Å². The van der Waals surface area contributed by atoms with Gasteiger partial charge in [-0.25, -0.2) is 14.2 Å². The highest BCUT2D eigenvalue weighted by Crippen LogP contribution is 2.38. The Morgan fingerprint density at radius 3 is 2.85 bits per heavy atom. The molecule has 3 aliphatic rings. The van der Waals surface area contributed by atoms with Crippen LogP contribution < -0.4 is 5.56 Å². The Balaban J connectivity index is 1.21. The first-order valence-corrected chi connectivity index (χ1v) is 13.3. The number of aromatic nitrogens is 5. The topological polar surface area (TPSA) is 97.7 Å². The molecule has 2 amide bonds. The summed E-state index contributed by atoms with van der Waals surface area (Å²) in [5.41, 5.74) is 4.47. The number of carbonyl (C=O) groups excluding carboxylic acids is 1. The highest BCUT2D eigenvalue weighted by Gasteiger charge is 2.45. The standard InChI is InChI=1S/C28H27FN8O2/c1-33-13-19-10-18(33)14-37(19)28(39)35-7-6-34-15-21(20-9-17(29)8-16(12-35)26(20)34)24-25(31-32-27(24)38)22-11-30-23-4-2-3-5-36(22)23/h2-5,8-9,11,15,18-19H,6-7,10,12-14H2,1H3,(H2,31,32,38). The normalized spacial score (nSPS) is 21.0. The van der Waals surface area contributed by atoms with Gasteiger partial charge in [0.05, 0.1) is 28.7 Å². The minimum Gasteiger partial charge on any atom is -0.345 e. The molecule has 2 N–H and O–H groups in total. The summed E-state index contributed by atoms with van der Waals surface area (Å²) in [6.07, 6.45) is 6.55. The number of nitrogens with one attached hydrogen (secondary N) is 2. The summed E-state index contributed by atoms with van der Waals surface area (Å²) in [6.45, 7) is 3.03. The molecule has 3 aliphatic heterocycles. The largest absolute Gasteiger partial charge is 0.345 e. The molecule has 5 aromatic rings. The number of halogens is 1. The van der Waals surface area contributed by atoms with Crippen LogP contribution in [0.3, 0.4) is 0 Å². The van der Waals surface area contributed by atoms with Crippen molar-refractivity contribution in [1.29, 1.82) is 0 Å². The zero-order chi connectivity index (χ0) is 26.4. The number of nitrogens with zero attached hydrogens (tertiary/aromatic N) is 6. The minimum absolute atomic E-state index is 0.0240. The Hall–Kier alpha value is -4.38. The zero-order valence-electron chi connectivity index (χ0n) is 21.4. The van der Waals surface area contributed by atoms with Gasteiger partial charge in [0.15, 0.2) is 0 Å². The van der Waals surface area contributed by atoms with E-state index in [2.05, 4.69) is 31.7 Å². The van der Waals surface area contributed by atoms with E-state index in [0.29, 0.717) is 47.9 Å². The van der Waals surface area contributed by atoms with Crippen molar-refractivity contribution in [2.24, 2.45) is 0 Å². The van der Waals surface area contributed by atoms with Crippen LogP contribution in [0.5, 0.6) is 0 Å². The van der Waals surface area contributed by atoms with Crippen molar-refractivity contribution in [3.05, 3.63) is 70.7 Å². The van der Waals surface area contributed by atoms with Crippen LogP contribution in [-0.2, 0) is 13.1 Å². The number of piperazine rings is 1. The number of urea groups is 1. The molecule has 0 radical (unpaired) electrons. The smallest absolute Gasteiger partial charge is 0.320 e. The molecule has 4 aromatic heterocycles. The molecule has 2 saturated heterocycles. The van der Waals surface area contributed by atoms with Crippen LogP contribution in [0.4, 0.5) is 9.18 Å². The second-order valence-electron chi connectivity index (χ2n) is 10.9. The number of imidazole rings is 1. The lowest BCUT2D eigenvalue weighted by Crippen LogP contribution is -2.52. The van der Waals surface area contributed by atoms with Crippen molar-refractivity contribution in [2.45, 2.75) is 31.6 Å². The van der Waals surface area contributed by atoms with E-state index in [0.717, 1.165) is 41.9 Å². The number of hydrogen-bond donors (Lipinski definition) is 2. The minimum atomic E-state index is -0.393. The maximum Gasteiger partial charge on any atom is 0.320 e. The zero-order valence-corrected chi connectivity index (χ0v) is 21.4. The quantitative estimate of drug-likeness (QED) is 0.370. The lowest BCUT2D eigenvalue weighted by Gasteiger charge is -2.35. The van der Waals surface area contributed by atoms with Crippen molar-refractivity contribution >= 4 is 22.6 Å². The molecule has 2 fully saturated rings. The van der Waals surface area contributed by atoms with Crippen LogP contribution >= 0.6 is 0 Å². The number of pyridine rings is 1. The Labute approximate surface area is 222 Å². The van der Waals surface area contributed by atoms with Gasteiger partial charge in [-0.05, 0) is 43.3 Å². The van der Waals surface area contributed by atoms with E-state index < -0.39 is 5.82 Å². The number of rotatable bonds is 2. The second kappa shape index (κ2) is 8.06. The molecule has 0 saturated carbocycles. The first-order valence-electron chi connectivity index (χ1n) is 13.3. The van der Waals surface area contributed by atoms with Crippen LogP contribution in [0.2, 0.25) is 0 Å². The average molecular weight is 527 g/mol. The monoisotopic (exact) mass is 526 g/mol. The van der Waals surface area contributed by atoms with Crippen LogP contribution in [0.1, 0.15) is 12.0 Å². The molecule has 2 atom stereocenters. The third kappa shape index (κ3) is 3.26. The van der Waals surface area contributed by atoms with Gasteiger partial charge in [-0.15, -0.1) is 0 Å². The number of H-pyrrole nitrogens is 2. The lowest BCUT2D eigenvalue weighted by atomic mass is 10.0. The fourth-order valence-corrected chi connectivity index (χ4v) is 6.87. The van der Waals surface area contributed by atoms with Gasteiger partial charge in [0.1, 0.15) is 11.5 Å². The number of hydrogen-bond acceptors (Lipinski definition) is 4. The molecule has 8 rings (SSSR count). The van der Waals surface area contributed by atoms with Crippen molar-refractivity contribution in [1.82, 2.24) is 38.8 Å². The Morgan fingerprint density at radius 2 is 2.03 bits per heavy atom. The molecule has 2 unspecified atom stereocenters. The number of benzene rings is 1. The fraction of sp³-hybridized carbons (Fsp3) is 0.321. The van der Waals surface area contributed by atoms with E-state index in [1.54, 1.807) is 6.20 Å². The molecule has 11 heteroatoms. The predicted octanol–water partition coefficient (Wildman–Crippen LogP) is 3.10. The number of amides is 2. The molecular weight excluding hydrogens is 499 g/mol. The third-order valence-corrected chi connectivity index (χ3v) is 8.74. The maximum absolute atomic E-state index is 15.1. The summed E-state index contributed by atoms with van der Waals surface area (Å²) in [7, 11) is 2.11. The number of likely N-dealkylation sites (N-methyl/N-ethyl adjacent to an activating group) is 1. The predicted molar refractivity (Wildman–Crippen MR) is 144 cm³/mol. The summed E-state index contributed by atoms with van der Waals surface area (Å²) in [5.74, 6) is -0.393. The summed E-state index contributed by atoms with van der Waals surface area (Å²) >= 11 is 0. The Kier molecular flexibility index (Phi) is 4.67. The number of carbonyl (C=O) groups is 1. The molecule has 0 aliphatic carbocycles. The highest BCUT2D eigenvalue weighted by molar-refractivity contribution is 6.00. The van der Waals surface area contributed by atoms with Gasteiger partial charge in [0.25, 0.3) is 5.56 Å². The Bertz CT molecular complexity index is 1850. The van der Waals surface area contributed by atoms with Crippen LogP contribution in [0.15, 0.2) is 53.7 Å². The molecule has 198 valence electrons. The molecule has 7 heterocycles. The maximum atomic E-state index is 15.1. The van der Waals surface area contributed by atoms with Crippen LogP contribution in [0, 0.1) is 5.82 Å². The summed E-state index contributed by atoms with van der Waals surface area (Å²) in [6, 6.07) is 9.40. The van der Waals surface area contributed by atoms with Crippen molar-refractivity contribution in [2.75, 3.05) is 26.7 Å². The summed E-state index contributed by atoms with van der Waals surface area (Å²) < 4.78 is 19.1. The van der Waals surface area contributed by atoms with Crippen molar-refractivity contribution < 1.29 is 9.18 Å². The van der Waals surface area contributed by atoms with Crippen LogP contribution in [0.25, 0.3) is 39.1 Å². The SMILES string of the molecule is CN1CC2CC1CN2C(=O)N1CCn2cc(-c3c(-c4cnc5ccccn45)[nH][nH]c3=O)c3cc(F)cc(c32)C1. The fourth-order valence-electron chi connectivity index (χ4n) is 6.87. The van der Waals surface area contributed by atoms with E-state index in [1.165, 1.54) is 12.1 Å². The van der Waals surface area contributed by atoms with Crippen molar-refractivity contribution in [3.63, 3.8) is 0 Å². The third-order valence-electron chi connectivity index (χ3n) is 8.74. The summed E-state index contributed by atoms with van der Waals surface area (Å²) in [5, 5.41) is 6.40. The van der Waals surface area contributed by atoms with Gasteiger partial charge < -0.3 is 14.4 Å². The number of likely N-dealkylation sites (tertiary alicyclic amines) is 2. The Morgan fingerprint density at radius 1 is 1.13 bits per heavy atom. The average Bonchev–Trinajstić information content (AvgIpc) is 3.72. The van der Waals surface area contributed by atoms with Gasteiger partial charge in [0, 0.05) is 68.2 Å². The number of fused-ring (bicyclic) bond motifs is 3. The van der Waals surface area contributed by atoms with Gasteiger partial charge in [-0.2, -0.15) is 0 Å². The van der Waals surface area contributed by atoms with E-state index in [-0.39, 0.29) is 17.6 Å². The van der Waals surface area contributed by atoms with Crippen molar-refractivity contribution in [3.8, 4) is 22.5 Å². The highest BCUT2D eigenvalue weighted by atomic mass is 19.1. The molecule has 10 nitrogen and oxygen atoms in total. The van der Waals surface area contributed by atoms with Gasteiger partial charge in [0.2, 0.25) is 0 Å². The molecule has 39 heavy (non-hydrogen) atoms. The van der Waals surface area contributed by atoms with Gasteiger partial charge >= 0.3 is 6.03 Å². The molecule has 1 aromatic carbocycles. The molecular formula is C28H27FN8O2. The lowest BCUT2D eigenvalue weighted by molar-refractivity contribution is 0.117. The first-order chi connectivity index (χ1) is 19.0. The second-order valence-corrected chi connectivity index (χ2v) is 10.9. The molecule has 2 bridgehead atoms. The van der Waals surface area contributed by atoms with E-state index in [9.17, 15) is 9.59 Å². The number of aromatic amines is 2. The summed E-state index contributed by atoms with van der Waals surface area (Å²) in [4.78, 5) is 37.4. The first kappa shape index (κ1) is 22.6. The molecule has 0 spiro atoms. The van der Waals surface area contributed by atoms with E-state index in [4.69, 9.17) is 0 Å². The van der Waals surface area contributed by atoms with Gasteiger partial charge in [-0.3, -0.25) is 24.3 Å².